The number of hydrogen-bond acceptors (Lipinski definition) is 4. The van der Waals surface area contributed by atoms with Gasteiger partial charge in [-0.25, -0.2) is 9.78 Å². The zero-order valence-electron chi connectivity index (χ0n) is 13.6. The summed E-state index contributed by atoms with van der Waals surface area (Å²) in [6, 6.07) is 0. The van der Waals surface area contributed by atoms with Gasteiger partial charge in [0.1, 0.15) is 5.82 Å². The maximum absolute atomic E-state index is 12.8. The largest absolute Gasteiger partial charge is 0.332 e. The highest BCUT2D eigenvalue weighted by Crippen LogP contribution is 2.39. The lowest BCUT2D eigenvalue weighted by Crippen LogP contribution is -2.48. The van der Waals surface area contributed by atoms with Crippen molar-refractivity contribution in [1.29, 1.82) is 0 Å². The fraction of sp³-hybridized carbons (Fsp3) is 0.667. The summed E-state index contributed by atoms with van der Waals surface area (Å²) in [6.07, 6.45) is 2.19. The van der Waals surface area contributed by atoms with Gasteiger partial charge in [0.25, 0.3) is 5.56 Å². The van der Waals surface area contributed by atoms with Gasteiger partial charge >= 0.3 is 5.69 Å². The van der Waals surface area contributed by atoms with Crippen LogP contribution in [-0.4, -0.2) is 24.2 Å². The van der Waals surface area contributed by atoms with E-state index in [0.29, 0.717) is 23.6 Å². The predicted molar refractivity (Wildman–Crippen MR) is 85.1 cm³/mol. The molecule has 1 aliphatic rings. The number of fused-ring (bicyclic) bond motifs is 1. The van der Waals surface area contributed by atoms with Gasteiger partial charge in [-0.3, -0.25) is 13.9 Å². The Morgan fingerprint density at radius 2 is 1.91 bits per heavy atom. The Morgan fingerprint density at radius 1 is 1.27 bits per heavy atom. The molecular formula is C15H23N5O2. The van der Waals surface area contributed by atoms with Crippen LogP contribution in [0.15, 0.2) is 9.59 Å². The van der Waals surface area contributed by atoms with E-state index in [-0.39, 0.29) is 17.8 Å². The summed E-state index contributed by atoms with van der Waals surface area (Å²) in [6.45, 7) is 6.15. The molecule has 0 spiro atoms. The summed E-state index contributed by atoms with van der Waals surface area (Å²) in [4.78, 5) is 30.0. The minimum Gasteiger partial charge on any atom is -0.325 e. The van der Waals surface area contributed by atoms with E-state index in [0.717, 1.165) is 18.7 Å². The second-order valence-electron chi connectivity index (χ2n) is 6.88. The van der Waals surface area contributed by atoms with Crippen LogP contribution >= 0.6 is 0 Å². The monoisotopic (exact) mass is 305 g/mol. The average molecular weight is 305 g/mol. The van der Waals surface area contributed by atoms with Gasteiger partial charge in [-0.1, -0.05) is 0 Å². The highest BCUT2D eigenvalue weighted by molar-refractivity contribution is 5.71. The van der Waals surface area contributed by atoms with Crippen molar-refractivity contribution >= 4 is 11.2 Å². The van der Waals surface area contributed by atoms with Gasteiger partial charge in [0, 0.05) is 31.6 Å². The van der Waals surface area contributed by atoms with E-state index in [9.17, 15) is 9.59 Å². The molecule has 22 heavy (non-hydrogen) atoms. The predicted octanol–water partition coefficient (Wildman–Crippen LogP) is 0.531. The van der Waals surface area contributed by atoms with E-state index in [4.69, 9.17) is 5.73 Å². The summed E-state index contributed by atoms with van der Waals surface area (Å²) >= 11 is 0. The first-order chi connectivity index (χ1) is 10.2. The summed E-state index contributed by atoms with van der Waals surface area (Å²) in [7, 11) is 1.85. The first kappa shape index (κ1) is 15.0. The number of aryl methyl sites for hydroxylation is 2. The molecule has 2 N–H and O–H groups in total. The SMILES string of the molecule is CCn1c(=O)n(CC(C)(C)N)c(=O)c2c1nc(C1CC1)n2C. The van der Waals surface area contributed by atoms with Crippen LogP contribution in [0.5, 0.6) is 0 Å². The molecule has 120 valence electrons. The number of nitrogens with two attached hydrogens (primary N) is 1. The molecule has 2 aromatic heterocycles. The van der Waals surface area contributed by atoms with Gasteiger partial charge in [0.2, 0.25) is 0 Å². The molecule has 0 aromatic carbocycles. The molecular weight excluding hydrogens is 282 g/mol. The van der Waals surface area contributed by atoms with Crippen LogP contribution in [0.4, 0.5) is 0 Å². The third kappa shape index (κ3) is 2.29. The van der Waals surface area contributed by atoms with Crippen LogP contribution in [0.1, 0.15) is 45.4 Å². The first-order valence-corrected chi connectivity index (χ1v) is 7.73. The second-order valence-corrected chi connectivity index (χ2v) is 6.88. The zero-order valence-corrected chi connectivity index (χ0v) is 13.6. The van der Waals surface area contributed by atoms with Gasteiger partial charge in [-0.2, -0.15) is 0 Å². The molecule has 7 heteroatoms. The van der Waals surface area contributed by atoms with Gasteiger partial charge in [-0.15, -0.1) is 0 Å². The van der Waals surface area contributed by atoms with Crippen LogP contribution in [-0.2, 0) is 20.1 Å². The molecule has 2 aromatic rings. The van der Waals surface area contributed by atoms with Gasteiger partial charge in [0.05, 0.1) is 0 Å². The van der Waals surface area contributed by atoms with Crippen LogP contribution < -0.4 is 17.0 Å². The Hall–Kier alpha value is -1.89. The molecule has 0 unspecified atom stereocenters. The maximum atomic E-state index is 12.8. The van der Waals surface area contributed by atoms with Crippen LogP contribution in [0.25, 0.3) is 11.2 Å². The van der Waals surface area contributed by atoms with Crippen molar-refractivity contribution in [3.8, 4) is 0 Å². The van der Waals surface area contributed by atoms with Gasteiger partial charge in [-0.05, 0) is 33.6 Å². The molecule has 1 aliphatic carbocycles. The van der Waals surface area contributed by atoms with E-state index in [1.807, 2.05) is 18.5 Å². The summed E-state index contributed by atoms with van der Waals surface area (Å²) in [5.41, 5.74) is 5.72. The van der Waals surface area contributed by atoms with E-state index in [1.54, 1.807) is 18.4 Å². The molecule has 2 heterocycles. The molecule has 7 nitrogen and oxygen atoms in total. The molecule has 0 radical (unpaired) electrons. The first-order valence-electron chi connectivity index (χ1n) is 7.73. The molecule has 0 saturated heterocycles. The van der Waals surface area contributed by atoms with Crippen molar-refractivity contribution in [1.82, 2.24) is 18.7 Å². The number of rotatable bonds is 4. The quantitative estimate of drug-likeness (QED) is 0.892. The molecule has 0 atom stereocenters. The summed E-state index contributed by atoms with van der Waals surface area (Å²) < 4.78 is 4.65. The number of hydrogen-bond donors (Lipinski definition) is 1. The zero-order chi connectivity index (χ0) is 16.2. The van der Waals surface area contributed by atoms with Crippen molar-refractivity contribution in [2.24, 2.45) is 12.8 Å². The Morgan fingerprint density at radius 3 is 2.41 bits per heavy atom. The number of aromatic nitrogens is 4. The smallest absolute Gasteiger partial charge is 0.325 e. The normalized spacial score (nSPS) is 15.7. The molecule has 0 amide bonds. The van der Waals surface area contributed by atoms with Gasteiger partial charge in [0.15, 0.2) is 11.2 Å². The van der Waals surface area contributed by atoms with Crippen LogP contribution in [0, 0.1) is 0 Å². The van der Waals surface area contributed by atoms with Crippen molar-refractivity contribution in [3.63, 3.8) is 0 Å². The molecule has 1 saturated carbocycles. The second kappa shape index (κ2) is 4.81. The van der Waals surface area contributed by atoms with Crippen molar-refractivity contribution in [3.05, 3.63) is 26.7 Å². The van der Waals surface area contributed by atoms with Crippen LogP contribution in [0.2, 0.25) is 0 Å². The standard InChI is InChI=1S/C15H23N5O2/c1-5-19-12-10(18(4)11(17-12)9-6-7-9)13(21)20(14(19)22)8-15(2,3)16/h9H,5-8,16H2,1-4H3. The lowest BCUT2D eigenvalue weighted by molar-refractivity contribution is 0.408. The topological polar surface area (TPSA) is 87.8 Å². The Labute approximate surface area is 128 Å². The minimum absolute atomic E-state index is 0.185. The fourth-order valence-electron chi connectivity index (χ4n) is 2.92. The third-order valence-electron chi connectivity index (χ3n) is 4.10. The number of imidazole rings is 1. The summed E-state index contributed by atoms with van der Waals surface area (Å²) in [5, 5.41) is 0. The molecule has 3 rings (SSSR count). The molecule has 1 fully saturated rings. The van der Waals surface area contributed by atoms with Crippen LogP contribution in [0.3, 0.4) is 0 Å². The summed E-state index contributed by atoms with van der Waals surface area (Å²) in [5.74, 6) is 1.31. The van der Waals surface area contributed by atoms with Gasteiger partial charge < -0.3 is 10.3 Å². The lowest BCUT2D eigenvalue weighted by atomic mass is 10.1. The van der Waals surface area contributed by atoms with E-state index in [2.05, 4.69) is 4.98 Å². The third-order valence-corrected chi connectivity index (χ3v) is 4.10. The fourth-order valence-corrected chi connectivity index (χ4v) is 2.92. The Kier molecular flexibility index (Phi) is 3.28. The number of nitrogens with zero attached hydrogens (tertiary/aromatic N) is 4. The Bertz CT molecular complexity index is 846. The minimum atomic E-state index is -0.639. The van der Waals surface area contributed by atoms with E-state index in [1.165, 1.54) is 4.57 Å². The maximum Gasteiger partial charge on any atom is 0.332 e. The van der Waals surface area contributed by atoms with E-state index >= 15 is 0 Å². The highest BCUT2D eigenvalue weighted by Gasteiger charge is 2.31. The average Bonchev–Trinajstić information content (AvgIpc) is 3.19. The van der Waals surface area contributed by atoms with Crippen molar-refractivity contribution in [2.45, 2.75) is 58.2 Å². The molecule has 0 aliphatic heterocycles. The Balaban J connectivity index is 2.36. The van der Waals surface area contributed by atoms with E-state index < -0.39 is 5.54 Å². The highest BCUT2D eigenvalue weighted by atomic mass is 16.2. The van der Waals surface area contributed by atoms with Crippen molar-refractivity contribution < 1.29 is 0 Å². The lowest BCUT2D eigenvalue weighted by Gasteiger charge is -2.20. The van der Waals surface area contributed by atoms with Crippen molar-refractivity contribution in [2.75, 3.05) is 0 Å². The molecule has 0 bridgehead atoms.